The molecule has 18 heavy (non-hydrogen) atoms. The van der Waals surface area contributed by atoms with Crippen LogP contribution in [0.25, 0.3) is 11.1 Å². The van der Waals surface area contributed by atoms with Gasteiger partial charge in [-0.05, 0) is 36.1 Å². The SMILES string of the molecule is CCCc1cc(O)c(O)c(-c2ccccc2)c1C. The summed E-state index contributed by atoms with van der Waals surface area (Å²) in [4.78, 5) is 0. The molecule has 0 atom stereocenters. The lowest BCUT2D eigenvalue weighted by atomic mass is 9.93. The van der Waals surface area contributed by atoms with Crippen LogP contribution in [0.15, 0.2) is 36.4 Å². The number of phenols is 2. The monoisotopic (exact) mass is 242 g/mol. The normalized spacial score (nSPS) is 10.6. The van der Waals surface area contributed by atoms with Gasteiger partial charge < -0.3 is 10.2 Å². The molecule has 0 heterocycles. The lowest BCUT2D eigenvalue weighted by molar-refractivity contribution is 0.404. The first kappa shape index (κ1) is 12.5. The zero-order valence-corrected chi connectivity index (χ0v) is 10.8. The van der Waals surface area contributed by atoms with Crippen molar-refractivity contribution >= 4 is 0 Å². The molecule has 2 aromatic rings. The molecular formula is C16H18O2. The molecule has 0 bridgehead atoms. The highest BCUT2D eigenvalue weighted by Crippen LogP contribution is 2.41. The standard InChI is InChI=1S/C16H18O2/c1-3-7-13-10-14(17)16(18)15(11(13)2)12-8-5-4-6-9-12/h4-6,8-10,17-18H,3,7H2,1-2H3. The van der Waals surface area contributed by atoms with Crippen molar-refractivity contribution in [2.75, 3.05) is 0 Å². The van der Waals surface area contributed by atoms with Crippen LogP contribution in [-0.2, 0) is 6.42 Å². The second-order valence-corrected chi connectivity index (χ2v) is 4.52. The van der Waals surface area contributed by atoms with Gasteiger partial charge in [-0.2, -0.15) is 0 Å². The Labute approximate surface area is 108 Å². The highest BCUT2D eigenvalue weighted by Gasteiger charge is 2.15. The molecule has 0 amide bonds. The van der Waals surface area contributed by atoms with Gasteiger partial charge in [0.25, 0.3) is 0 Å². The molecule has 0 aliphatic carbocycles. The van der Waals surface area contributed by atoms with Gasteiger partial charge >= 0.3 is 0 Å². The molecule has 2 N–H and O–H groups in total. The molecule has 0 radical (unpaired) electrons. The van der Waals surface area contributed by atoms with Gasteiger partial charge in [0, 0.05) is 5.56 Å². The van der Waals surface area contributed by atoms with Crippen LogP contribution in [0.1, 0.15) is 24.5 Å². The molecule has 0 fully saturated rings. The summed E-state index contributed by atoms with van der Waals surface area (Å²) in [5, 5.41) is 19.9. The molecule has 94 valence electrons. The van der Waals surface area contributed by atoms with Gasteiger partial charge in [-0.3, -0.25) is 0 Å². The Bertz CT molecular complexity index is 545. The van der Waals surface area contributed by atoms with Crippen molar-refractivity contribution in [2.45, 2.75) is 26.7 Å². The number of benzene rings is 2. The number of hydrogen-bond acceptors (Lipinski definition) is 2. The first-order valence-electron chi connectivity index (χ1n) is 6.25. The van der Waals surface area contributed by atoms with E-state index in [4.69, 9.17) is 0 Å². The van der Waals surface area contributed by atoms with Gasteiger partial charge in [-0.15, -0.1) is 0 Å². The van der Waals surface area contributed by atoms with E-state index < -0.39 is 0 Å². The van der Waals surface area contributed by atoms with E-state index >= 15 is 0 Å². The fraction of sp³-hybridized carbons (Fsp3) is 0.250. The fourth-order valence-corrected chi connectivity index (χ4v) is 2.29. The Balaban J connectivity index is 2.65. The summed E-state index contributed by atoms with van der Waals surface area (Å²) in [6.45, 7) is 4.10. The van der Waals surface area contributed by atoms with Crippen molar-refractivity contribution in [3.05, 3.63) is 47.5 Å². The lowest BCUT2D eigenvalue weighted by Crippen LogP contribution is -1.93. The van der Waals surface area contributed by atoms with Gasteiger partial charge in [-0.25, -0.2) is 0 Å². The highest BCUT2D eigenvalue weighted by molar-refractivity contribution is 5.77. The second kappa shape index (κ2) is 5.13. The summed E-state index contributed by atoms with van der Waals surface area (Å²) in [5.41, 5.74) is 3.80. The summed E-state index contributed by atoms with van der Waals surface area (Å²) < 4.78 is 0. The maximum atomic E-state index is 10.1. The van der Waals surface area contributed by atoms with Crippen molar-refractivity contribution in [1.82, 2.24) is 0 Å². The molecule has 2 aromatic carbocycles. The van der Waals surface area contributed by atoms with Gasteiger partial charge in [0.05, 0.1) is 0 Å². The highest BCUT2D eigenvalue weighted by atomic mass is 16.3. The maximum absolute atomic E-state index is 10.1. The number of phenolic OH excluding ortho intramolecular Hbond substituents is 2. The van der Waals surface area contributed by atoms with Crippen LogP contribution in [0.2, 0.25) is 0 Å². The quantitative estimate of drug-likeness (QED) is 0.798. The number of aromatic hydroxyl groups is 2. The summed E-state index contributed by atoms with van der Waals surface area (Å²) in [6.07, 6.45) is 1.92. The third kappa shape index (κ3) is 2.19. The summed E-state index contributed by atoms with van der Waals surface area (Å²) in [5.74, 6) is -0.0681. The Morgan fingerprint density at radius 1 is 1.06 bits per heavy atom. The van der Waals surface area contributed by atoms with E-state index in [-0.39, 0.29) is 11.5 Å². The average molecular weight is 242 g/mol. The number of aryl methyl sites for hydroxylation is 1. The van der Waals surface area contributed by atoms with Crippen molar-refractivity contribution in [1.29, 1.82) is 0 Å². The zero-order chi connectivity index (χ0) is 13.1. The zero-order valence-electron chi connectivity index (χ0n) is 10.8. The van der Waals surface area contributed by atoms with E-state index in [0.717, 1.165) is 35.1 Å². The molecule has 0 saturated heterocycles. The minimum atomic E-state index is -0.0390. The van der Waals surface area contributed by atoms with Crippen LogP contribution in [-0.4, -0.2) is 10.2 Å². The van der Waals surface area contributed by atoms with Crippen LogP contribution in [0.3, 0.4) is 0 Å². The van der Waals surface area contributed by atoms with E-state index in [9.17, 15) is 10.2 Å². The Hall–Kier alpha value is -1.96. The Morgan fingerprint density at radius 3 is 2.33 bits per heavy atom. The van der Waals surface area contributed by atoms with E-state index in [1.165, 1.54) is 0 Å². The number of hydrogen-bond donors (Lipinski definition) is 2. The summed E-state index contributed by atoms with van der Waals surface area (Å²) >= 11 is 0. The Kier molecular flexibility index (Phi) is 3.56. The van der Waals surface area contributed by atoms with Gasteiger partial charge in [0.1, 0.15) is 0 Å². The number of rotatable bonds is 3. The van der Waals surface area contributed by atoms with Crippen LogP contribution < -0.4 is 0 Å². The van der Waals surface area contributed by atoms with Crippen molar-refractivity contribution in [2.24, 2.45) is 0 Å². The first-order valence-corrected chi connectivity index (χ1v) is 6.25. The predicted octanol–water partition coefficient (Wildman–Crippen LogP) is 4.03. The average Bonchev–Trinajstić information content (AvgIpc) is 2.38. The molecule has 2 rings (SSSR count). The maximum Gasteiger partial charge on any atom is 0.165 e. The lowest BCUT2D eigenvalue weighted by Gasteiger charge is -2.14. The van der Waals surface area contributed by atoms with Crippen molar-refractivity contribution in [3.63, 3.8) is 0 Å². The minimum absolute atomic E-state index is 0.0291. The molecule has 0 unspecified atom stereocenters. The molecule has 0 aliphatic rings. The van der Waals surface area contributed by atoms with Crippen LogP contribution in [0.4, 0.5) is 0 Å². The largest absolute Gasteiger partial charge is 0.504 e. The van der Waals surface area contributed by atoms with E-state index in [1.54, 1.807) is 6.07 Å². The molecule has 2 nitrogen and oxygen atoms in total. The van der Waals surface area contributed by atoms with Crippen LogP contribution >= 0.6 is 0 Å². The molecule has 0 aromatic heterocycles. The van der Waals surface area contributed by atoms with E-state index in [1.807, 2.05) is 37.3 Å². The smallest absolute Gasteiger partial charge is 0.165 e. The summed E-state index contributed by atoms with van der Waals surface area (Å²) in [6, 6.07) is 11.3. The second-order valence-electron chi connectivity index (χ2n) is 4.52. The fourth-order valence-electron chi connectivity index (χ4n) is 2.29. The minimum Gasteiger partial charge on any atom is -0.504 e. The van der Waals surface area contributed by atoms with Crippen LogP contribution in [0.5, 0.6) is 11.5 Å². The topological polar surface area (TPSA) is 40.5 Å². The third-order valence-corrected chi connectivity index (χ3v) is 3.23. The predicted molar refractivity (Wildman–Crippen MR) is 73.9 cm³/mol. The van der Waals surface area contributed by atoms with Gasteiger partial charge in [-0.1, -0.05) is 43.7 Å². The van der Waals surface area contributed by atoms with Gasteiger partial charge in [0.15, 0.2) is 11.5 Å². The molecule has 2 heteroatoms. The third-order valence-electron chi connectivity index (χ3n) is 3.23. The van der Waals surface area contributed by atoms with Gasteiger partial charge in [0.2, 0.25) is 0 Å². The van der Waals surface area contributed by atoms with Crippen molar-refractivity contribution in [3.8, 4) is 22.6 Å². The first-order chi connectivity index (χ1) is 8.65. The molecular weight excluding hydrogens is 224 g/mol. The Morgan fingerprint density at radius 2 is 1.72 bits per heavy atom. The molecule has 0 saturated carbocycles. The molecule has 0 aliphatic heterocycles. The molecule has 0 spiro atoms. The van der Waals surface area contributed by atoms with E-state index in [0.29, 0.717) is 0 Å². The van der Waals surface area contributed by atoms with Crippen LogP contribution in [0, 0.1) is 6.92 Å². The van der Waals surface area contributed by atoms with E-state index in [2.05, 4.69) is 6.92 Å². The summed E-state index contributed by atoms with van der Waals surface area (Å²) in [7, 11) is 0. The van der Waals surface area contributed by atoms with Crippen molar-refractivity contribution < 1.29 is 10.2 Å².